The van der Waals surface area contributed by atoms with Crippen LogP contribution in [0.2, 0.25) is 0 Å². The van der Waals surface area contributed by atoms with Gasteiger partial charge in [-0.25, -0.2) is 0 Å². The zero-order valence-electron chi connectivity index (χ0n) is 12.2. The van der Waals surface area contributed by atoms with Crippen molar-refractivity contribution in [3.05, 3.63) is 34.9 Å². The molecule has 0 radical (unpaired) electrons. The van der Waals surface area contributed by atoms with Crippen LogP contribution >= 0.6 is 0 Å². The summed E-state index contributed by atoms with van der Waals surface area (Å²) in [5.41, 5.74) is 9.96. The molecule has 2 atom stereocenters. The van der Waals surface area contributed by atoms with E-state index in [9.17, 15) is 0 Å². The fraction of sp³-hybridized carbons (Fsp3) is 0.600. The molecular weight excluding hydrogens is 224 g/mol. The van der Waals surface area contributed by atoms with Gasteiger partial charge in [-0.1, -0.05) is 18.2 Å². The van der Waals surface area contributed by atoms with Crippen LogP contribution in [0.25, 0.3) is 0 Å². The lowest BCUT2D eigenvalue weighted by molar-refractivity contribution is 0.0907. The van der Waals surface area contributed by atoms with E-state index in [0.29, 0.717) is 12.6 Å². The van der Waals surface area contributed by atoms with Gasteiger partial charge >= 0.3 is 0 Å². The lowest BCUT2D eigenvalue weighted by Crippen LogP contribution is -2.39. The average molecular weight is 250 g/mol. The molecule has 1 aromatic rings. The molecular formula is C15H26N2O. The minimum atomic E-state index is 0.247. The number of aryl methyl sites for hydroxylation is 2. The second kappa shape index (κ2) is 6.88. The van der Waals surface area contributed by atoms with Crippen LogP contribution < -0.4 is 5.73 Å². The highest BCUT2D eigenvalue weighted by molar-refractivity contribution is 5.36. The van der Waals surface area contributed by atoms with Crippen LogP contribution in [0.5, 0.6) is 0 Å². The summed E-state index contributed by atoms with van der Waals surface area (Å²) in [5.74, 6) is 0. The van der Waals surface area contributed by atoms with E-state index in [-0.39, 0.29) is 6.04 Å². The number of benzene rings is 1. The molecule has 102 valence electrons. The normalized spacial score (nSPS) is 14.8. The molecule has 0 aliphatic carbocycles. The Morgan fingerprint density at radius 1 is 1.28 bits per heavy atom. The molecule has 18 heavy (non-hydrogen) atoms. The lowest BCUT2D eigenvalue weighted by atomic mass is 9.94. The molecule has 1 rings (SSSR count). The van der Waals surface area contributed by atoms with E-state index in [0.717, 1.165) is 6.61 Å². The quantitative estimate of drug-likeness (QED) is 0.841. The molecule has 0 heterocycles. The van der Waals surface area contributed by atoms with Gasteiger partial charge in [-0.15, -0.1) is 0 Å². The molecule has 1 aromatic carbocycles. The molecule has 0 saturated carbocycles. The van der Waals surface area contributed by atoms with Gasteiger partial charge in [0.25, 0.3) is 0 Å². The topological polar surface area (TPSA) is 38.5 Å². The van der Waals surface area contributed by atoms with Crippen molar-refractivity contribution < 1.29 is 4.74 Å². The zero-order chi connectivity index (χ0) is 13.7. The summed E-state index contributed by atoms with van der Waals surface area (Å²) >= 11 is 0. The minimum Gasteiger partial charge on any atom is -0.383 e. The summed E-state index contributed by atoms with van der Waals surface area (Å²) in [6, 6.07) is 7.00. The van der Waals surface area contributed by atoms with Crippen LogP contribution in [0.15, 0.2) is 18.2 Å². The molecule has 0 aliphatic heterocycles. The van der Waals surface area contributed by atoms with Gasteiger partial charge in [0.05, 0.1) is 6.61 Å². The second-order valence-corrected chi connectivity index (χ2v) is 5.03. The first-order chi connectivity index (χ1) is 8.52. The number of methoxy groups -OCH3 is 1. The number of likely N-dealkylation sites (N-methyl/N-ethyl adjacent to an activating group) is 1. The van der Waals surface area contributed by atoms with Crippen molar-refractivity contribution >= 4 is 0 Å². The first kappa shape index (κ1) is 15.2. The van der Waals surface area contributed by atoms with Gasteiger partial charge in [-0.2, -0.15) is 0 Å². The highest BCUT2D eigenvalue weighted by Crippen LogP contribution is 2.26. The van der Waals surface area contributed by atoms with Crippen molar-refractivity contribution in [3.63, 3.8) is 0 Å². The predicted molar refractivity (Wildman–Crippen MR) is 76.8 cm³/mol. The van der Waals surface area contributed by atoms with Crippen LogP contribution in [0.4, 0.5) is 0 Å². The van der Waals surface area contributed by atoms with E-state index in [2.05, 4.69) is 50.9 Å². The standard InChI is InChI=1S/C15H26N2O/c1-11-7-6-8-12(2)15(11)14(9-16)17(4)13(3)10-18-5/h6-8,13-14H,9-10,16H2,1-5H3. The van der Waals surface area contributed by atoms with Crippen LogP contribution in [0, 0.1) is 13.8 Å². The predicted octanol–water partition coefficient (Wildman–Crippen LogP) is 2.27. The van der Waals surface area contributed by atoms with Crippen molar-refractivity contribution in [1.82, 2.24) is 4.90 Å². The molecule has 3 nitrogen and oxygen atoms in total. The monoisotopic (exact) mass is 250 g/mol. The van der Waals surface area contributed by atoms with E-state index in [1.165, 1.54) is 16.7 Å². The molecule has 0 bridgehead atoms. The highest BCUT2D eigenvalue weighted by Gasteiger charge is 2.22. The number of rotatable bonds is 6. The number of nitrogens with two attached hydrogens (primary N) is 1. The summed E-state index contributed by atoms with van der Waals surface area (Å²) in [5, 5.41) is 0. The number of nitrogens with zero attached hydrogens (tertiary/aromatic N) is 1. The molecule has 0 amide bonds. The van der Waals surface area contributed by atoms with E-state index < -0.39 is 0 Å². The molecule has 0 fully saturated rings. The lowest BCUT2D eigenvalue weighted by Gasteiger charge is -2.34. The highest BCUT2D eigenvalue weighted by atomic mass is 16.5. The number of ether oxygens (including phenoxy) is 1. The summed E-state index contributed by atoms with van der Waals surface area (Å²) in [7, 11) is 3.86. The zero-order valence-corrected chi connectivity index (χ0v) is 12.2. The van der Waals surface area contributed by atoms with Gasteiger partial charge < -0.3 is 10.5 Å². The summed E-state index contributed by atoms with van der Waals surface area (Å²) < 4.78 is 5.23. The largest absolute Gasteiger partial charge is 0.383 e. The van der Waals surface area contributed by atoms with Crippen LogP contribution in [0.1, 0.15) is 29.7 Å². The summed E-state index contributed by atoms with van der Waals surface area (Å²) in [6.07, 6.45) is 0. The van der Waals surface area contributed by atoms with Crippen LogP contribution in [-0.4, -0.2) is 38.3 Å². The molecule has 2 N–H and O–H groups in total. The smallest absolute Gasteiger partial charge is 0.0615 e. The van der Waals surface area contributed by atoms with Crippen molar-refractivity contribution in [1.29, 1.82) is 0 Å². The maximum absolute atomic E-state index is 5.99. The summed E-state index contributed by atoms with van der Waals surface area (Å²) in [4.78, 5) is 2.30. The SMILES string of the molecule is COCC(C)N(C)C(CN)c1c(C)cccc1C. The second-order valence-electron chi connectivity index (χ2n) is 5.03. The van der Waals surface area contributed by atoms with Gasteiger partial charge in [0.1, 0.15) is 0 Å². The first-order valence-corrected chi connectivity index (χ1v) is 6.50. The maximum Gasteiger partial charge on any atom is 0.0615 e. The molecule has 0 aromatic heterocycles. The van der Waals surface area contributed by atoms with Crippen molar-refractivity contribution in [2.45, 2.75) is 32.9 Å². The third-order valence-electron chi connectivity index (χ3n) is 3.69. The van der Waals surface area contributed by atoms with E-state index in [1.54, 1.807) is 7.11 Å². The van der Waals surface area contributed by atoms with Gasteiger partial charge in [-0.05, 0) is 44.5 Å². The Morgan fingerprint density at radius 3 is 2.28 bits per heavy atom. The summed E-state index contributed by atoms with van der Waals surface area (Å²) in [6.45, 7) is 7.81. The Bertz CT molecular complexity index is 359. The third kappa shape index (κ3) is 3.31. The number of hydrogen-bond acceptors (Lipinski definition) is 3. The fourth-order valence-corrected chi connectivity index (χ4v) is 2.51. The molecule has 0 spiro atoms. The Balaban J connectivity index is 3.02. The average Bonchev–Trinajstić information content (AvgIpc) is 2.33. The van der Waals surface area contributed by atoms with Crippen molar-refractivity contribution in [2.24, 2.45) is 5.73 Å². The van der Waals surface area contributed by atoms with E-state index >= 15 is 0 Å². The van der Waals surface area contributed by atoms with Gasteiger partial charge in [0, 0.05) is 25.7 Å². The maximum atomic E-state index is 5.99. The van der Waals surface area contributed by atoms with Crippen molar-refractivity contribution in [2.75, 3.05) is 27.3 Å². The Hall–Kier alpha value is -0.900. The van der Waals surface area contributed by atoms with Gasteiger partial charge in [0.15, 0.2) is 0 Å². The molecule has 3 heteroatoms. The Kier molecular flexibility index (Phi) is 5.79. The van der Waals surface area contributed by atoms with Crippen LogP contribution in [-0.2, 0) is 4.74 Å². The van der Waals surface area contributed by atoms with E-state index in [1.807, 2.05) is 0 Å². The Labute approximate surface area is 111 Å². The fourth-order valence-electron chi connectivity index (χ4n) is 2.51. The molecule has 2 unspecified atom stereocenters. The minimum absolute atomic E-state index is 0.247. The van der Waals surface area contributed by atoms with Gasteiger partial charge in [-0.3, -0.25) is 4.90 Å². The third-order valence-corrected chi connectivity index (χ3v) is 3.69. The molecule has 0 aliphatic rings. The molecule has 0 saturated heterocycles. The first-order valence-electron chi connectivity index (χ1n) is 6.50. The van der Waals surface area contributed by atoms with Crippen molar-refractivity contribution in [3.8, 4) is 0 Å². The number of hydrogen-bond donors (Lipinski definition) is 1. The van der Waals surface area contributed by atoms with E-state index in [4.69, 9.17) is 10.5 Å². The van der Waals surface area contributed by atoms with Gasteiger partial charge in [0.2, 0.25) is 0 Å². The Morgan fingerprint density at radius 2 is 1.83 bits per heavy atom. The van der Waals surface area contributed by atoms with Crippen LogP contribution in [0.3, 0.4) is 0 Å².